The van der Waals surface area contributed by atoms with Crippen LogP contribution in [0.4, 0.5) is 0 Å². The fourth-order valence-corrected chi connectivity index (χ4v) is 2.55. The molecule has 3 rings (SSSR count). The van der Waals surface area contributed by atoms with Crippen molar-refractivity contribution in [1.29, 1.82) is 0 Å². The van der Waals surface area contributed by atoms with Gasteiger partial charge in [-0.15, -0.1) is 0 Å². The number of rotatable bonds is 3. The number of benzene rings is 2. The van der Waals surface area contributed by atoms with Gasteiger partial charge >= 0.3 is 10.3 Å². The Morgan fingerprint density at radius 3 is 2.57 bits per heavy atom. The summed E-state index contributed by atoms with van der Waals surface area (Å²) in [4.78, 5) is 0. The van der Waals surface area contributed by atoms with Crippen molar-refractivity contribution < 1.29 is 17.3 Å². The quantitative estimate of drug-likeness (QED) is 0.943. The predicted octanol–water partition coefficient (Wildman–Crippen LogP) is 2.24. The molecule has 0 saturated heterocycles. The van der Waals surface area contributed by atoms with E-state index < -0.39 is 10.3 Å². The van der Waals surface area contributed by atoms with Gasteiger partial charge in [0.15, 0.2) is 0 Å². The van der Waals surface area contributed by atoms with Gasteiger partial charge < -0.3 is 8.92 Å². The van der Waals surface area contributed by atoms with E-state index in [1.807, 2.05) is 30.3 Å². The monoisotopic (exact) mass is 303 g/mol. The molecule has 0 aliphatic carbocycles. The van der Waals surface area contributed by atoms with Crippen molar-refractivity contribution in [3.63, 3.8) is 0 Å². The van der Waals surface area contributed by atoms with Crippen LogP contribution in [0.1, 0.15) is 11.1 Å². The van der Waals surface area contributed by atoms with Crippen molar-refractivity contribution in [2.45, 2.75) is 6.42 Å². The van der Waals surface area contributed by atoms with Gasteiger partial charge in [0.25, 0.3) is 0 Å². The minimum Gasteiger partial charge on any atom is -0.464 e. The van der Waals surface area contributed by atoms with Gasteiger partial charge in [-0.3, -0.25) is 0 Å². The Balaban J connectivity index is 1.86. The zero-order valence-corrected chi connectivity index (χ0v) is 11.8. The van der Waals surface area contributed by atoms with Crippen LogP contribution in [-0.2, 0) is 16.7 Å². The lowest BCUT2D eigenvalue weighted by Gasteiger charge is -2.18. The highest BCUT2D eigenvalue weighted by Gasteiger charge is 2.16. The molecule has 2 aromatic carbocycles. The summed E-state index contributed by atoms with van der Waals surface area (Å²) in [6.45, 7) is 0. The van der Waals surface area contributed by atoms with Gasteiger partial charge in [-0.05, 0) is 22.8 Å². The molecule has 5 nitrogen and oxygen atoms in total. The summed E-state index contributed by atoms with van der Waals surface area (Å²) < 4.78 is 32.0. The molecule has 0 aromatic heterocycles. The second-order valence-electron chi connectivity index (χ2n) is 4.65. The van der Waals surface area contributed by atoms with Crippen LogP contribution in [0, 0.1) is 0 Å². The molecule has 0 atom stereocenters. The largest absolute Gasteiger partial charge is 0.464 e. The Morgan fingerprint density at radius 1 is 1.10 bits per heavy atom. The molecule has 2 aromatic rings. The molecule has 0 bridgehead atoms. The lowest BCUT2D eigenvalue weighted by Crippen LogP contribution is -2.19. The number of ether oxygens (including phenoxy) is 1. The van der Waals surface area contributed by atoms with Crippen molar-refractivity contribution >= 4 is 15.9 Å². The van der Waals surface area contributed by atoms with E-state index in [4.69, 9.17) is 9.88 Å². The fourth-order valence-electron chi connectivity index (χ4n) is 2.18. The average molecular weight is 303 g/mol. The van der Waals surface area contributed by atoms with Crippen LogP contribution in [0.3, 0.4) is 0 Å². The smallest absolute Gasteiger partial charge is 0.380 e. The van der Waals surface area contributed by atoms with Gasteiger partial charge in [0.1, 0.15) is 11.5 Å². The van der Waals surface area contributed by atoms with Gasteiger partial charge in [0.2, 0.25) is 0 Å². The van der Waals surface area contributed by atoms with E-state index >= 15 is 0 Å². The molecule has 2 N–H and O–H groups in total. The maximum absolute atomic E-state index is 10.9. The number of allylic oxidation sites excluding steroid dienone is 1. The topological polar surface area (TPSA) is 78.6 Å². The second-order valence-corrected chi connectivity index (χ2v) is 5.80. The first-order valence-electron chi connectivity index (χ1n) is 6.27. The van der Waals surface area contributed by atoms with E-state index in [0.29, 0.717) is 12.2 Å². The minimum absolute atomic E-state index is 0.132. The van der Waals surface area contributed by atoms with E-state index in [0.717, 1.165) is 16.7 Å². The summed E-state index contributed by atoms with van der Waals surface area (Å²) in [6, 6.07) is 14.8. The molecule has 21 heavy (non-hydrogen) atoms. The van der Waals surface area contributed by atoms with Crippen LogP contribution in [0.15, 0.2) is 54.8 Å². The van der Waals surface area contributed by atoms with Crippen molar-refractivity contribution in [3.05, 3.63) is 65.9 Å². The SMILES string of the molecule is NS(=O)(=O)Oc1ccc2c(c1)OC=C(c1ccccc1)C2. The minimum atomic E-state index is -4.03. The summed E-state index contributed by atoms with van der Waals surface area (Å²) in [5.41, 5.74) is 3.11. The highest BCUT2D eigenvalue weighted by Crippen LogP contribution is 2.33. The molecule has 0 amide bonds. The summed E-state index contributed by atoms with van der Waals surface area (Å²) in [5, 5.41) is 4.84. The van der Waals surface area contributed by atoms with E-state index in [1.54, 1.807) is 18.4 Å². The summed E-state index contributed by atoms with van der Waals surface area (Å²) in [6.07, 6.45) is 2.37. The first-order valence-corrected chi connectivity index (χ1v) is 7.75. The average Bonchev–Trinajstić information content (AvgIpc) is 2.46. The van der Waals surface area contributed by atoms with Crippen LogP contribution in [0.5, 0.6) is 11.5 Å². The zero-order chi connectivity index (χ0) is 14.9. The molecule has 0 radical (unpaired) electrons. The van der Waals surface area contributed by atoms with Gasteiger partial charge in [-0.2, -0.15) is 13.6 Å². The molecule has 108 valence electrons. The van der Waals surface area contributed by atoms with E-state index in [-0.39, 0.29) is 5.75 Å². The highest BCUT2D eigenvalue weighted by molar-refractivity contribution is 7.84. The highest BCUT2D eigenvalue weighted by atomic mass is 32.2. The Kier molecular flexibility index (Phi) is 3.40. The molecule has 6 heteroatoms. The summed E-state index contributed by atoms with van der Waals surface area (Å²) >= 11 is 0. The van der Waals surface area contributed by atoms with Crippen LogP contribution in [0.2, 0.25) is 0 Å². The Labute approximate surface area is 122 Å². The summed E-state index contributed by atoms with van der Waals surface area (Å²) in [7, 11) is -4.03. The second kappa shape index (κ2) is 5.23. The van der Waals surface area contributed by atoms with Crippen LogP contribution in [-0.4, -0.2) is 8.42 Å². The third-order valence-corrected chi connectivity index (χ3v) is 3.53. The molecular formula is C15H13NO4S. The number of nitrogens with two attached hydrogens (primary N) is 1. The van der Waals surface area contributed by atoms with Crippen molar-refractivity contribution in [2.24, 2.45) is 5.14 Å². The number of fused-ring (bicyclic) bond motifs is 1. The first-order chi connectivity index (χ1) is 10.0. The van der Waals surface area contributed by atoms with Crippen LogP contribution < -0.4 is 14.1 Å². The van der Waals surface area contributed by atoms with E-state index in [9.17, 15) is 8.42 Å². The zero-order valence-electron chi connectivity index (χ0n) is 11.0. The maximum atomic E-state index is 10.9. The first kappa shape index (κ1) is 13.7. The van der Waals surface area contributed by atoms with E-state index in [1.165, 1.54) is 6.07 Å². The number of hydrogen-bond acceptors (Lipinski definition) is 4. The molecular weight excluding hydrogens is 290 g/mol. The fraction of sp³-hybridized carbons (Fsp3) is 0.0667. The Bertz CT molecular complexity index is 798. The lowest BCUT2D eigenvalue weighted by molar-refractivity contribution is 0.459. The van der Waals surface area contributed by atoms with Crippen molar-refractivity contribution in [1.82, 2.24) is 0 Å². The van der Waals surface area contributed by atoms with E-state index in [2.05, 4.69) is 4.18 Å². The molecule has 0 fully saturated rings. The van der Waals surface area contributed by atoms with Crippen LogP contribution >= 0.6 is 0 Å². The standard InChI is InChI=1S/C15H13NO4S/c16-21(17,18)20-14-7-6-12-8-13(10-19-15(12)9-14)11-4-2-1-3-5-11/h1-7,9-10H,8H2,(H2,16,17,18). The van der Waals surface area contributed by atoms with Crippen molar-refractivity contribution in [3.8, 4) is 11.5 Å². The maximum Gasteiger partial charge on any atom is 0.380 e. The van der Waals surface area contributed by atoms with Gasteiger partial charge in [-0.25, -0.2) is 0 Å². The molecule has 0 spiro atoms. The van der Waals surface area contributed by atoms with Gasteiger partial charge in [0.05, 0.1) is 6.26 Å². The lowest BCUT2D eigenvalue weighted by atomic mass is 9.97. The molecule has 0 saturated carbocycles. The third kappa shape index (κ3) is 3.24. The summed E-state index contributed by atoms with van der Waals surface area (Å²) in [5.74, 6) is 0.698. The molecule has 1 aliphatic heterocycles. The van der Waals surface area contributed by atoms with Gasteiger partial charge in [-0.1, -0.05) is 36.4 Å². The van der Waals surface area contributed by atoms with Gasteiger partial charge in [0, 0.05) is 12.5 Å². The number of hydrogen-bond donors (Lipinski definition) is 1. The van der Waals surface area contributed by atoms with Crippen LogP contribution in [0.25, 0.3) is 5.57 Å². The predicted molar refractivity (Wildman–Crippen MR) is 78.9 cm³/mol. The Morgan fingerprint density at radius 2 is 1.86 bits per heavy atom. The Hall–Kier alpha value is -2.31. The molecule has 1 aliphatic rings. The normalized spacial score (nSPS) is 13.9. The third-order valence-electron chi connectivity index (χ3n) is 3.10. The van der Waals surface area contributed by atoms with Crippen molar-refractivity contribution in [2.75, 3.05) is 0 Å². The molecule has 0 unspecified atom stereocenters. The molecule has 1 heterocycles.